The van der Waals surface area contributed by atoms with E-state index in [1.807, 2.05) is 17.8 Å². The summed E-state index contributed by atoms with van der Waals surface area (Å²) in [6.07, 6.45) is 3.00. The molecule has 0 spiro atoms. The van der Waals surface area contributed by atoms with Gasteiger partial charge in [-0.1, -0.05) is 30.3 Å². The van der Waals surface area contributed by atoms with Crippen molar-refractivity contribution in [3.63, 3.8) is 0 Å². The second kappa shape index (κ2) is 5.63. The van der Waals surface area contributed by atoms with Crippen molar-refractivity contribution >= 4 is 11.3 Å². The van der Waals surface area contributed by atoms with Crippen molar-refractivity contribution in [1.29, 1.82) is 0 Å². The highest BCUT2D eigenvalue weighted by Crippen LogP contribution is 2.04. The van der Waals surface area contributed by atoms with E-state index in [1.54, 1.807) is 11.3 Å². The summed E-state index contributed by atoms with van der Waals surface area (Å²) in [5, 5.41) is 3.41. The zero-order valence-electron chi connectivity index (χ0n) is 8.52. The Hall–Kier alpha value is -1.19. The van der Waals surface area contributed by atoms with Gasteiger partial charge in [0.05, 0.1) is 5.51 Å². The SMILES string of the molecule is c1ccc(CCNCc2cncs2)cc1. The summed E-state index contributed by atoms with van der Waals surface area (Å²) in [6, 6.07) is 10.5. The second-order valence-electron chi connectivity index (χ2n) is 3.38. The molecule has 2 nitrogen and oxygen atoms in total. The van der Waals surface area contributed by atoms with Crippen molar-refractivity contribution in [3.05, 3.63) is 52.5 Å². The topological polar surface area (TPSA) is 24.9 Å². The molecule has 3 heteroatoms. The number of aromatic nitrogens is 1. The molecule has 0 saturated carbocycles. The van der Waals surface area contributed by atoms with Gasteiger partial charge in [-0.05, 0) is 18.5 Å². The monoisotopic (exact) mass is 218 g/mol. The molecular weight excluding hydrogens is 204 g/mol. The first-order valence-corrected chi connectivity index (χ1v) is 5.95. The van der Waals surface area contributed by atoms with E-state index in [0.717, 1.165) is 19.5 Å². The fourth-order valence-corrected chi connectivity index (χ4v) is 1.98. The molecule has 0 aliphatic heterocycles. The van der Waals surface area contributed by atoms with Gasteiger partial charge in [-0.15, -0.1) is 11.3 Å². The molecule has 0 unspecified atom stereocenters. The predicted octanol–water partition coefficient (Wildman–Crippen LogP) is 2.48. The third kappa shape index (κ3) is 3.46. The van der Waals surface area contributed by atoms with Crippen LogP contribution in [0.2, 0.25) is 0 Å². The first kappa shape index (κ1) is 10.3. The molecule has 15 heavy (non-hydrogen) atoms. The Kier molecular flexibility index (Phi) is 3.88. The van der Waals surface area contributed by atoms with Crippen LogP contribution in [0.5, 0.6) is 0 Å². The molecule has 0 aliphatic rings. The van der Waals surface area contributed by atoms with Gasteiger partial charge in [0.25, 0.3) is 0 Å². The quantitative estimate of drug-likeness (QED) is 0.780. The Morgan fingerprint density at radius 2 is 2.07 bits per heavy atom. The lowest BCUT2D eigenvalue weighted by atomic mass is 10.1. The minimum atomic E-state index is 0.928. The first-order valence-electron chi connectivity index (χ1n) is 5.07. The Morgan fingerprint density at radius 1 is 1.20 bits per heavy atom. The third-order valence-electron chi connectivity index (χ3n) is 2.22. The Bertz CT molecular complexity index is 370. The number of hydrogen-bond acceptors (Lipinski definition) is 3. The van der Waals surface area contributed by atoms with E-state index in [9.17, 15) is 0 Å². The molecular formula is C12H14N2S. The molecule has 0 atom stereocenters. The molecule has 0 saturated heterocycles. The zero-order valence-corrected chi connectivity index (χ0v) is 9.33. The van der Waals surface area contributed by atoms with Crippen molar-refractivity contribution < 1.29 is 0 Å². The standard InChI is InChI=1S/C12H14N2S/c1-2-4-11(5-3-1)6-7-13-8-12-9-14-10-15-12/h1-5,9-10,13H,6-8H2. The minimum absolute atomic E-state index is 0.928. The van der Waals surface area contributed by atoms with Crippen LogP contribution >= 0.6 is 11.3 Å². The normalized spacial score (nSPS) is 10.4. The number of benzene rings is 1. The summed E-state index contributed by atoms with van der Waals surface area (Å²) < 4.78 is 0. The molecule has 0 aliphatic carbocycles. The first-order chi connectivity index (χ1) is 7.45. The van der Waals surface area contributed by atoms with Gasteiger partial charge in [0.1, 0.15) is 0 Å². The Balaban J connectivity index is 1.68. The summed E-state index contributed by atoms with van der Waals surface area (Å²) >= 11 is 1.70. The summed E-state index contributed by atoms with van der Waals surface area (Å²) in [5.41, 5.74) is 3.25. The van der Waals surface area contributed by atoms with Crippen LogP contribution in [0.3, 0.4) is 0 Å². The van der Waals surface area contributed by atoms with Gasteiger partial charge in [0.15, 0.2) is 0 Å². The molecule has 2 rings (SSSR count). The molecule has 0 fully saturated rings. The summed E-state index contributed by atoms with van der Waals surface area (Å²) in [7, 11) is 0. The number of hydrogen-bond donors (Lipinski definition) is 1. The highest BCUT2D eigenvalue weighted by Gasteiger charge is 1.94. The number of nitrogens with one attached hydrogen (secondary N) is 1. The van der Waals surface area contributed by atoms with Crippen molar-refractivity contribution in [1.82, 2.24) is 10.3 Å². The van der Waals surface area contributed by atoms with Crippen LogP contribution in [0.15, 0.2) is 42.0 Å². The summed E-state index contributed by atoms with van der Waals surface area (Å²) in [6.45, 7) is 1.94. The average molecular weight is 218 g/mol. The van der Waals surface area contributed by atoms with E-state index in [4.69, 9.17) is 0 Å². The molecule has 1 N–H and O–H groups in total. The molecule has 1 aromatic heterocycles. The van der Waals surface area contributed by atoms with Gasteiger partial charge in [-0.25, -0.2) is 0 Å². The van der Waals surface area contributed by atoms with Gasteiger partial charge >= 0.3 is 0 Å². The molecule has 1 aromatic carbocycles. The van der Waals surface area contributed by atoms with Gasteiger partial charge in [-0.3, -0.25) is 4.98 Å². The largest absolute Gasteiger partial charge is 0.311 e. The predicted molar refractivity (Wildman–Crippen MR) is 64.0 cm³/mol. The lowest BCUT2D eigenvalue weighted by Crippen LogP contribution is -2.15. The van der Waals surface area contributed by atoms with Gasteiger partial charge < -0.3 is 5.32 Å². The Morgan fingerprint density at radius 3 is 2.80 bits per heavy atom. The van der Waals surface area contributed by atoms with E-state index in [2.05, 4.69) is 34.6 Å². The number of rotatable bonds is 5. The maximum atomic E-state index is 4.04. The molecule has 78 valence electrons. The molecule has 0 bridgehead atoms. The second-order valence-corrected chi connectivity index (χ2v) is 4.35. The average Bonchev–Trinajstić information content (AvgIpc) is 2.79. The van der Waals surface area contributed by atoms with Gasteiger partial charge in [0.2, 0.25) is 0 Å². The lowest BCUT2D eigenvalue weighted by molar-refractivity contribution is 0.693. The van der Waals surface area contributed by atoms with Gasteiger partial charge in [0, 0.05) is 17.6 Å². The fourth-order valence-electron chi connectivity index (χ4n) is 1.42. The minimum Gasteiger partial charge on any atom is -0.311 e. The summed E-state index contributed by atoms with van der Waals surface area (Å²) in [5.74, 6) is 0. The van der Waals surface area contributed by atoms with Crippen LogP contribution in [0.1, 0.15) is 10.4 Å². The summed E-state index contributed by atoms with van der Waals surface area (Å²) in [4.78, 5) is 5.33. The van der Waals surface area contributed by atoms with Crippen LogP contribution < -0.4 is 5.32 Å². The van der Waals surface area contributed by atoms with Crippen LogP contribution in [0.4, 0.5) is 0 Å². The molecule has 2 aromatic rings. The van der Waals surface area contributed by atoms with E-state index < -0.39 is 0 Å². The molecule has 0 radical (unpaired) electrons. The van der Waals surface area contributed by atoms with Crippen molar-refractivity contribution in [2.45, 2.75) is 13.0 Å². The van der Waals surface area contributed by atoms with Crippen LogP contribution in [0.25, 0.3) is 0 Å². The molecule has 1 heterocycles. The smallest absolute Gasteiger partial charge is 0.0794 e. The molecule has 0 amide bonds. The highest BCUT2D eigenvalue weighted by atomic mass is 32.1. The van der Waals surface area contributed by atoms with Crippen LogP contribution in [-0.2, 0) is 13.0 Å². The third-order valence-corrected chi connectivity index (χ3v) is 3.00. The van der Waals surface area contributed by atoms with E-state index in [1.165, 1.54) is 10.4 Å². The van der Waals surface area contributed by atoms with Crippen LogP contribution in [-0.4, -0.2) is 11.5 Å². The number of thiazole rings is 1. The van der Waals surface area contributed by atoms with Crippen LogP contribution in [0, 0.1) is 0 Å². The van der Waals surface area contributed by atoms with Crippen molar-refractivity contribution in [2.75, 3.05) is 6.54 Å². The van der Waals surface area contributed by atoms with E-state index in [-0.39, 0.29) is 0 Å². The Labute approximate surface area is 94.0 Å². The van der Waals surface area contributed by atoms with E-state index in [0.29, 0.717) is 0 Å². The maximum absolute atomic E-state index is 4.04. The highest BCUT2D eigenvalue weighted by molar-refractivity contribution is 7.09. The fraction of sp³-hybridized carbons (Fsp3) is 0.250. The van der Waals surface area contributed by atoms with Crippen molar-refractivity contribution in [3.8, 4) is 0 Å². The number of nitrogens with zero attached hydrogens (tertiary/aromatic N) is 1. The van der Waals surface area contributed by atoms with E-state index >= 15 is 0 Å². The van der Waals surface area contributed by atoms with Crippen molar-refractivity contribution in [2.24, 2.45) is 0 Å². The maximum Gasteiger partial charge on any atom is 0.0794 e. The van der Waals surface area contributed by atoms with Gasteiger partial charge in [-0.2, -0.15) is 0 Å². The lowest BCUT2D eigenvalue weighted by Gasteiger charge is -2.02. The zero-order chi connectivity index (χ0) is 10.3.